The molecule has 1 saturated heterocycles. The van der Waals surface area contributed by atoms with Gasteiger partial charge < -0.3 is 9.30 Å². The maximum absolute atomic E-state index is 13.5. The number of fused-ring (bicyclic) bond motifs is 1. The second-order valence-corrected chi connectivity index (χ2v) is 7.62. The SMILES string of the molecule is Cn1cnc2cc(CN3CCC(OCc4ccc(Cl)c(F)c4)CC3)ccc21. The molecular formula is C21H23ClFN3O. The van der Waals surface area contributed by atoms with E-state index in [9.17, 15) is 4.39 Å². The molecule has 1 aromatic heterocycles. The van der Waals surface area contributed by atoms with Crippen LogP contribution in [0.15, 0.2) is 42.7 Å². The van der Waals surface area contributed by atoms with E-state index in [0.717, 1.165) is 49.1 Å². The van der Waals surface area contributed by atoms with Crippen LogP contribution in [-0.2, 0) is 24.9 Å². The standard InChI is InChI=1S/C21H23ClFN3O/c1-25-14-24-20-11-15(3-5-21(20)25)12-26-8-6-17(7-9-26)27-13-16-2-4-18(22)19(23)10-16/h2-5,10-11,14,17H,6-9,12-13H2,1H3. The Labute approximate surface area is 163 Å². The molecule has 1 aliphatic rings. The first-order valence-electron chi connectivity index (χ1n) is 9.26. The van der Waals surface area contributed by atoms with Crippen LogP contribution in [0.4, 0.5) is 4.39 Å². The second-order valence-electron chi connectivity index (χ2n) is 7.21. The van der Waals surface area contributed by atoms with E-state index in [4.69, 9.17) is 16.3 Å². The van der Waals surface area contributed by atoms with Gasteiger partial charge in [-0.15, -0.1) is 0 Å². The number of halogens is 2. The average Bonchev–Trinajstić information content (AvgIpc) is 3.04. The van der Waals surface area contributed by atoms with E-state index in [1.807, 2.05) is 24.0 Å². The van der Waals surface area contributed by atoms with Gasteiger partial charge in [-0.1, -0.05) is 23.7 Å². The topological polar surface area (TPSA) is 30.3 Å². The number of aromatic nitrogens is 2. The van der Waals surface area contributed by atoms with Crippen molar-refractivity contribution in [3.63, 3.8) is 0 Å². The van der Waals surface area contributed by atoms with E-state index >= 15 is 0 Å². The second kappa shape index (κ2) is 7.97. The smallest absolute Gasteiger partial charge is 0.142 e. The third-order valence-corrected chi connectivity index (χ3v) is 5.51. The lowest BCUT2D eigenvalue weighted by atomic mass is 10.1. The molecule has 4 nitrogen and oxygen atoms in total. The molecule has 3 aromatic rings. The lowest BCUT2D eigenvalue weighted by molar-refractivity contribution is -0.00401. The Bertz CT molecular complexity index is 934. The number of hydrogen-bond acceptors (Lipinski definition) is 3. The summed E-state index contributed by atoms with van der Waals surface area (Å²) in [6.07, 6.45) is 4.05. The van der Waals surface area contributed by atoms with Gasteiger partial charge in [0, 0.05) is 26.7 Å². The molecule has 142 valence electrons. The Morgan fingerprint density at radius 2 is 1.93 bits per heavy atom. The predicted molar refractivity (Wildman–Crippen MR) is 105 cm³/mol. The van der Waals surface area contributed by atoms with Gasteiger partial charge >= 0.3 is 0 Å². The van der Waals surface area contributed by atoms with Crippen molar-refractivity contribution in [1.82, 2.24) is 14.5 Å². The molecular weight excluding hydrogens is 365 g/mol. The Morgan fingerprint density at radius 1 is 1.15 bits per heavy atom. The van der Waals surface area contributed by atoms with Crippen molar-refractivity contribution in [2.24, 2.45) is 7.05 Å². The molecule has 0 bridgehead atoms. The number of hydrogen-bond donors (Lipinski definition) is 0. The predicted octanol–water partition coefficient (Wildman–Crippen LogP) is 4.55. The van der Waals surface area contributed by atoms with Crippen LogP contribution in [0.3, 0.4) is 0 Å². The Morgan fingerprint density at radius 3 is 2.70 bits per heavy atom. The molecule has 6 heteroatoms. The maximum Gasteiger partial charge on any atom is 0.142 e. The van der Waals surface area contributed by atoms with E-state index in [0.29, 0.717) is 6.61 Å². The van der Waals surface area contributed by atoms with E-state index in [2.05, 4.69) is 28.1 Å². The number of ether oxygens (including phenoxy) is 1. The number of aryl methyl sites for hydroxylation is 1. The molecule has 0 aliphatic carbocycles. The van der Waals surface area contributed by atoms with Crippen molar-refractivity contribution < 1.29 is 9.13 Å². The highest BCUT2D eigenvalue weighted by atomic mass is 35.5. The van der Waals surface area contributed by atoms with Crippen molar-refractivity contribution in [2.45, 2.75) is 32.1 Å². The van der Waals surface area contributed by atoms with Crippen LogP contribution in [0.25, 0.3) is 11.0 Å². The van der Waals surface area contributed by atoms with Crippen LogP contribution in [0.1, 0.15) is 24.0 Å². The first-order chi connectivity index (χ1) is 13.1. The molecule has 1 fully saturated rings. The lowest BCUT2D eigenvalue weighted by Gasteiger charge is -2.32. The van der Waals surface area contributed by atoms with Gasteiger partial charge in [0.2, 0.25) is 0 Å². The minimum Gasteiger partial charge on any atom is -0.373 e. The van der Waals surface area contributed by atoms with E-state index < -0.39 is 5.82 Å². The van der Waals surface area contributed by atoms with Crippen LogP contribution in [-0.4, -0.2) is 33.6 Å². The molecule has 0 amide bonds. The first kappa shape index (κ1) is 18.4. The zero-order valence-corrected chi connectivity index (χ0v) is 16.1. The van der Waals surface area contributed by atoms with Crippen LogP contribution >= 0.6 is 11.6 Å². The molecule has 0 unspecified atom stereocenters. The summed E-state index contributed by atoms with van der Waals surface area (Å²) in [5.41, 5.74) is 4.31. The molecule has 2 aromatic carbocycles. The van der Waals surface area contributed by atoms with E-state index in [1.165, 1.54) is 11.6 Å². The lowest BCUT2D eigenvalue weighted by Crippen LogP contribution is -2.36. The zero-order chi connectivity index (χ0) is 18.8. The Hall–Kier alpha value is -1.95. The Kier molecular flexibility index (Phi) is 5.43. The third kappa shape index (κ3) is 4.32. The van der Waals surface area contributed by atoms with Gasteiger partial charge in [0.25, 0.3) is 0 Å². The third-order valence-electron chi connectivity index (χ3n) is 5.20. The molecule has 0 saturated carbocycles. The summed E-state index contributed by atoms with van der Waals surface area (Å²) < 4.78 is 21.5. The highest BCUT2D eigenvalue weighted by Gasteiger charge is 2.20. The van der Waals surface area contributed by atoms with Gasteiger partial charge in [0.15, 0.2) is 0 Å². The quantitative estimate of drug-likeness (QED) is 0.643. The van der Waals surface area contributed by atoms with Crippen molar-refractivity contribution in [2.75, 3.05) is 13.1 Å². The van der Waals surface area contributed by atoms with Gasteiger partial charge in [0.1, 0.15) is 5.82 Å². The molecule has 4 rings (SSSR count). The minimum absolute atomic E-state index is 0.149. The summed E-state index contributed by atoms with van der Waals surface area (Å²) in [5, 5.41) is 0.149. The number of likely N-dealkylation sites (tertiary alicyclic amines) is 1. The summed E-state index contributed by atoms with van der Waals surface area (Å²) in [4.78, 5) is 6.89. The molecule has 2 heterocycles. The number of nitrogens with zero attached hydrogens (tertiary/aromatic N) is 3. The highest BCUT2D eigenvalue weighted by molar-refractivity contribution is 6.30. The van der Waals surface area contributed by atoms with Crippen molar-refractivity contribution in [3.8, 4) is 0 Å². The monoisotopic (exact) mass is 387 g/mol. The van der Waals surface area contributed by atoms with E-state index in [1.54, 1.807) is 6.07 Å². The maximum atomic E-state index is 13.5. The fourth-order valence-electron chi connectivity index (χ4n) is 3.62. The summed E-state index contributed by atoms with van der Waals surface area (Å²) >= 11 is 5.72. The molecule has 0 atom stereocenters. The molecule has 0 N–H and O–H groups in total. The summed E-state index contributed by atoms with van der Waals surface area (Å²) in [5.74, 6) is -0.391. The fourth-order valence-corrected chi connectivity index (χ4v) is 3.73. The summed E-state index contributed by atoms with van der Waals surface area (Å²) in [6.45, 7) is 3.36. The van der Waals surface area contributed by atoms with Crippen LogP contribution in [0, 0.1) is 5.82 Å². The first-order valence-corrected chi connectivity index (χ1v) is 9.64. The van der Waals surface area contributed by atoms with Crippen molar-refractivity contribution in [3.05, 3.63) is 64.7 Å². The van der Waals surface area contributed by atoms with Gasteiger partial charge in [0.05, 0.1) is 35.1 Å². The van der Waals surface area contributed by atoms with Crippen LogP contribution < -0.4 is 0 Å². The zero-order valence-electron chi connectivity index (χ0n) is 15.4. The number of imidazole rings is 1. The molecule has 1 aliphatic heterocycles. The largest absolute Gasteiger partial charge is 0.373 e. The number of rotatable bonds is 5. The van der Waals surface area contributed by atoms with Crippen LogP contribution in [0.5, 0.6) is 0 Å². The molecule has 0 radical (unpaired) electrons. The number of piperidine rings is 1. The van der Waals surface area contributed by atoms with Crippen molar-refractivity contribution in [1.29, 1.82) is 0 Å². The molecule has 0 spiro atoms. The average molecular weight is 388 g/mol. The van der Waals surface area contributed by atoms with Gasteiger partial charge in [-0.05, 0) is 48.2 Å². The minimum atomic E-state index is -0.391. The summed E-state index contributed by atoms with van der Waals surface area (Å²) in [6, 6.07) is 11.3. The van der Waals surface area contributed by atoms with Gasteiger partial charge in [-0.3, -0.25) is 4.90 Å². The summed E-state index contributed by atoms with van der Waals surface area (Å²) in [7, 11) is 2.01. The normalized spacial score (nSPS) is 16.3. The number of benzene rings is 2. The fraction of sp³-hybridized carbons (Fsp3) is 0.381. The molecule has 27 heavy (non-hydrogen) atoms. The van der Waals surface area contributed by atoms with Gasteiger partial charge in [-0.25, -0.2) is 9.37 Å². The Balaban J connectivity index is 1.27. The highest BCUT2D eigenvalue weighted by Crippen LogP contribution is 2.21. The van der Waals surface area contributed by atoms with E-state index in [-0.39, 0.29) is 11.1 Å². The van der Waals surface area contributed by atoms with Crippen molar-refractivity contribution >= 4 is 22.6 Å². The van der Waals surface area contributed by atoms with Crippen LogP contribution in [0.2, 0.25) is 5.02 Å². The van der Waals surface area contributed by atoms with Gasteiger partial charge in [-0.2, -0.15) is 0 Å².